The number of aromatic nitrogens is 3. The van der Waals surface area contributed by atoms with Gasteiger partial charge in [0.05, 0.1) is 11.4 Å². The van der Waals surface area contributed by atoms with Crippen LogP contribution in [0.2, 0.25) is 0 Å². The molecule has 0 spiro atoms. The maximum atomic E-state index is 12.0. The summed E-state index contributed by atoms with van der Waals surface area (Å²) in [7, 11) is -1.20. The highest BCUT2D eigenvalue weighted by Crippen LogP contribution is 2.15. The summed E-state index contributed by atoms with van der Waals surface area (Å²) in [5.41, 5.74) is 0.911. The van der Waals surface area contributed by atoms with Crippen LogP contribution in [0, 0.1) is 0 Å². The van der Waals surface area contributed by atoms with Gasteiger partial charge in [0.2, 0.25) is 10.0 Å². The zero-order chi connectivity index (χ0) is 14.6. The van der Waals surface area contributed by atoms with Crippen LogP contribution in [0.15, 0.2) is 6.20 Å². The molecule has 1 N–H and O–H groups in total. The Morgan fingerprint density at radius 3 is 2.65 bits per heavy atom. The number of aryl methyl sites for hydroxylation is 1. The average molecular weight is 301 g/mol. The summed E-state index contributed by atoms with van der Waals surface area (Å²) in [6, 6.07) is 0.352. The second kappa shape index (κ2) is 6.64. The Bertz CT molecular complexity index is 520. The lowest BCUT2D eigenvalue weighted by Gasteiger charge is -2.31. The van der Waals surface area contributed by atoms with Gasteiger partial charge in [-0.15, -0.1) is 5.10 Å². The van der Waals surface area contributed by atoms with Crippen molar-refractivity contribution in [1.82, 2.24) is 24.6 Å². The number of sulfonamides is 1. The molecule has 7 nitrogen and oxygen atoms in total. The Labute approximate surface area is 120 Å². The average Bonchev–Trinajstić information content (AvgIpc) is 2.83. The van der Waals surface area contributed by atoms with Gasteiger partial charge in [0, 0.05) is 38.9 Å². The fourth-order valence-electron chi connectivity index (χ4n) is 2.45. The van der Waals surface area contributed by atoms with Crippen molar-refractivity contribution in [3.63, 3.8) is 0 Å². The molecule has 1 aliphatic rings. The SMILES string of the molecule is CCCS(=O)(=O)N1CCC(NCc2cn(C)nn2)CC1. The maximum Gasteiger partial charge on any atom is 0.214 e. The zero-order valence-corrected chi connectivity index (χ0v) is 12.9. The van der Waals surface area contributed by atoms with E-state index in [-0.39, 0.29) is 5.75 Å². The second-order valence-corrected chi connectivity index (χ2v) is 7.34. The van der Waals surface area contributed by atoms with E-state index in [1.165, 1.54) is 0 Å². The monoisotopic (exact) mass is 301 g/mol. The summed E-state index contributed by atoms with van der Waals surface area (Å²) in [5.74, 6) is 0.255. The number of hydrogen-bond donors (Lipinski definition) is 1. The number of rotatable bonds is 6. The van der Waals surface area contributed by atoms with Gasteiger partial charge in [-0.3, -0.25) is 4.68 Å². The van der Waals surface area contributed by atoms with Crippen molar-refractivity contribution in [3.05, 3.63) is 11.9 Å². The molecule has 8 heteroatoms. The summed E-state index contributed by atoms with van der Waals surface area (Å²) in [6.07, 6.45) is 4.26. The van der Waals surface area contributed by atoms with Crippen molar-refractivity contribution in [3.8, 4) is 0 Å². The maximum absolute atomic E-state index is 12.0. The molecule has 2 heterocycles. The fourth-order valence-corrected chi connectivity index (χ4v) is 3.99. The largest absolute Gasteiger partial charge is 0.308 e. The van der Waals surface area contributed by atoms with E-state index in [0.717, 1.165) is 18.5 Å². The molecule has 1 saturated heterocycles. The third-order valence-corrected chi connectivity index (χ3v) is 5.61. The summed E-state index contributed by atoms with van der Waals surface area (Å²) >= 11 is 0. The normalized spacial score (nSPS) is 18.5. The minimum absolute atomic E-state index is 0.255. The van der Waals surface area contributed by atoms with Crippen molar-refractivity contribution < 1.29 is 8.42 Å². The van der Waals surface area contributed by atoms with Gasteiger partial charge < -0.3 is 5.32 Å². The first-order chi connectivity index (χ1) is 9.51. The Kier molecular flexibility index (Phi) is 5.11. The van der Waals surface area contributed by atoms with E-state index in [1.54, 1.807) is 8.99 Å². The topological polar surface area (TPSA) is 80.1 Å². The fraction of sp³-hybridized carbons (Fsp3) is 0.833. The number of piperidine rings is 1. The zero-order valence-electron chi connectivity index (χ0n) is 12.1. The lowest BCUT2D eigenvalue weighted by atomic mass is 10.1. The van der Waals surface area contributed by atoms with E-state index in [4.69, 9.17) is 0 Å². The Morgan fingerprint density at radius 2 is 2.10 bits per heavy atom. The molecule has 20 heavy (non-hydrogen) atoms. The summed E-state index contributed by atoms with van der Waals surface area (Å²) < 4.78 is 27.2. The molecule has 0 radical (unpaired) electrons. The molecule has 0 bridgehead atoms. The van der Waals surface area contributed by atoms with E-state index in [9.17, 15) is 8.42 Å². The molecule has 0 amide bonds. The van der Waals surface area contributed by atoms with Gasteiger partial charge in [-0.2, -0.15) is 0 Å². The van der Waals surface area contributed by atoms with E-state index in [1.807, 2.05) is 20.2 Å². The molecule has 0 aromatic carbocycles. The molecular formula is C12H23N5O2S. The molecule has 114 valence electrons. The van der Waals surface area contributed by atoms with E-state index in [0.29, 0.717) is 32.1 Å². The van der Waals surface area contributed by atoms with Crippen molar-refractivity contribution >= 4 is 10.0 Å². The van der Waals surface area contributed by atoms with Gasteiger partial charge in [-0.05, 0) is 19.3 Å². The van der Waals surface area contributed by atoms with Gasteiger partial charge in [-0.1, -0.05) is 12.1 Å². The highest BCUT2D eigenvalue weighted by molar-refractivity contribution is 7.89. The van der Waals surface area contributed by atoms with Crippen LogP contribution in [0.1, 0.15) is 31.9 Å². The molecule has 1 aromatic rings. The van der Waals surface area contributed by atoms with Crippen molar-refractivity contribution in [2.45, 2.75) is 38.8 Å². The predicted molar refractivity (Wildman–Crippen MR) is 76.5 cm³/mol. The highest BCUT2D eigenvalue weighted by Gasteiger charge is 2.26. The molecule has 0 unspecified atom stereocenters. The molecule has 0 aliphatic carbocycles. The summed E-state index contributed by atoms with van der Waals surface area (Å²) in [4.78, 5) is 0. The first-order valence-electron chi connectivity index (χ1n) is 7.07. The van der Waals surface area contributed by atoms with Crippen LogP contribution >= 0.6 is 0 Å². The van der Waals surface area contributed by atoms with Gasteiger partial charge in [0.1, 0.15) is 0 Å². The minimum Gasteiger partial charge on any atom is -0.308 e. The Morgan fingerprint density at radius 1 is 1.40 bits per heavy atom. The molecule has 0 saturated carbocycles. The van der Waals surface area contributed by atoms with Crippen LogP contribution in [0.4, 0.5) is 0 Å². The van der Waals surface area contributed by atoms with Crippen LogP contribution < -0.4 is 5.32 Å². The lowest BCUT2D eigenvalue weighted by Crippen LogP contribution is -2.45. The smallest absolute Gasteiger partial charge is 0.214 e. The van der Waals surface area contributed by atoms with Crippen LogP contribution in [0.3, 0.4) is 0 Å². The number of nitrogens with zero attached hydrogens (tertiary/aromatic N) is 4. The van der Waals surface area contributed by atoms with Crippen LogP contribution in [0.5, 0.6) is 0 Å². The molecule has 1 aliphatic heterocycles. The number of hydrogen-bond acceptors (Lipinski definition) is 5. The van der Waals surface area contributed by atoms with Crippen molar-refractivity contribution in [2.75, 3.05) is 18.8 Å². The summed E-state index contributed by atoms with van der Waals surface area (Å²) in [6.45, 7) is 3.80. The number of nitrogens with one attached hydrogen (secondary N) is 1. The van der Waals surface area contributed by atoms with E-state index < -0.39 is 10.0 Å². The standard InChI is InChI=1S/C12H23N5O2S/c1-3-8-20(18,19)17-6-4-11(5-7-17)13-9-12-10-16(2)15-14-12/h10-11,13H,3-9H2,1-2H3. The lowest BCUT2D eigenvalue weighted by molar-refractivity contribution is 0.288. The Hall–Kier alpha value is -0.990. The van der Waals surface area contributed by atoms with Gasteiger partial charge in [0.25, 0.3) is 0 Å². The molecular weight excluding hydrogens is 278 g/mol. The van der Waals surface area contributed by atoms with Crippen LogP contribution in [-0.4, -0.2) is 52.6 Å². The van der Waals surface area contributed by atoms with Crippen molar-refractivity contribution in [1.29, 1.82) is 0 Å². The molecule has 2 rings (SSSR count). The third kappa shape index (κ3) is 4.00. The van der Waals surface area contributed by atoms with Crippen molar-refractivity contribution in [2.24, 2.45) is 7.05 Å². The van der Waals surface area contributed by atoms with Gasteiger partial charge in [-0.25, -0.2) is 12.7 Å². The minimum atomic E-state index is -3.04. The quantitative estimate of drug-likeness (QED) is 0.806. The second-order valence-electron chi connectivity index (χ2n) is 5.25. The Balaban J connectivity index is 1.77. The summed E-state index contributed by atoms with van der Waals surface area (Å²) in [5, 5.41) is 11.3. The third-order valence-electron chi connectivity index (χ3n) is 3.53. The predicted octanol–water partition coefficient (Wildman–Crippen LogP) is 0.109. The molecule has 0 atom stereocenters. The first-order valence-corrected chi connectivity index (χ1v) is 8.68. The van der Waals surface area contributed by atoms with E-state index >= 15 is 0 Å². The van der Waals surface area contributed by atoms with Gasteiger partial charge >= 0.3 is 0 Å². The molecule has 1 fully saturated rings. The van der Waals surface area contributed by atoms with Gasteiger partial charge in [0.15, 0.2) is 0 Å². The highest BCUT2D eigenvalue weighted by atomic mass is 32.2. The van der Waals surface area contributed by atoms with E-state index in [2.05, 4.69) is 15.6 Å². The molecule has 1 aromatic heterocycles. The van der Waals surface area contributed by atoms with Crippen LogP contribution in [-0.2, 0) is 23.6 Å². The first kappa shape index (κ1) is 15.4. The van der Waals surface area contributed by atoms with Crippen LogP contribution in [0.25, 0.3) is 0 Å².